The van der Waals surface area contributed by atoms with Gasteiger partial charge in [0, 0.05) is 0 Å². The molecule has 0 bridgehead atoms. The van der Waals surface area contributed by atoms with Gasteiger partial charge in [-0.3, -0.25) is 0 Å². The van der Waals surface area contributed by atoms with Crippen LogP contribution < -0.4 is 0 Å². The van der Waals surface area contributed by atoms with E-state index in [-0.39, 0.29) is 6.61 Å². The van der Waals surface area contributed by atoms with E-state index in [0.29, 0.717) is 5.56 Å². The fraction of sp³-hybridized carbons (Fsp3) is 0.364. The van der Waals surface area contributed by atoms with Crippen LogP contribution in [0.2, 0.25) is 0 Å². The minimum absolute atomic E-state index is 0.198. The van der Waals surface area contributed by atoms with Crippen LogP contribution in [0, 0.1) is 5.82 Å². The molecule has 0 amide bonds. The van der Waals surface area contributed by atoms with Crippen molar-refractivity contribution in [3.63, 3.8) is 0 Å². The number of halogens is 4. The van der Waals surface area contributed by atoms with Gasteiger partial charge in [-0.2, -0.15) is 13.2 Å². The molecule has 0 aliphatic heterocycles. The van der Waals surface area contributed by atoms with Gasteiger partial charge in [0.1, 0.15) is 5.82 Å². The molecule has 7 heteroatoms. The number of carboxylic acids is 1. The lowest BCUT2D eigenvalue weighted by molar-refractivity contribution is -0.146. The molecule has 0 aliphatic carbocycles. The molecule has 0 atom stereocenters. The van der Waals surface area contributed by atoms with Crippen LogP contribution in [0.3, 0.4) is 0 Å². The van der Waals surface area contributed by atoms with E-state index in [1.54, 1.807) is 0 Å². The number of benzene rings is 1. The quantitative estimate of drug-likeness (QED) is 0.658. The Bertz CT molecular complexity index is 429. The lowest BCUT2D eigenvalue weighted by atomic mass is 10.1. The third-order valence-corrected chi connectivity index (χ3v) is 2.06. The standard InChI is InChI=1S/C11H10F4O3/c12-9-2-1-7(5-8(9)10(16)17)6-18-4-3-11(13,14)15/h1-2,5H,3-4,6H2,(H,16,17). The third kappa shape index (κ3) is 4.70. The van der Waals surface area contributed by atoms with E-state index in [9.17, 15) is 22.4 Å². The van der Waals surface area contributed by atoms with Crippen LogP contribution in [0.5, 0.6) is 0 Å². The Labute approximate surface area is 100.0 Å². The Balaban J connectivity index is 2.53. The SMILES string of the molecule is O=C(O)c1cc(COCCC(F)(F)F)ccc1F. The summed E-state index contributed by atoms with van der Waals surface area (Å²) in [5, 5.41) is 8.64. The van der Waals surface area contributed by atoms with E-state index in [1.807, 2.05) is 0 Å². The summed E-state index contributed by atoms with van der Waals surface area (Å²) in [5.41, 5.74) is -0.233. The highest BCUT2D eigenvalue weighted by atomic mass is 19.4. The Kier molecular flexibility index (Phi) is 4.66. The third-order valence-electron chi connectivity index (χ3n) is 2.06. The predicted octanol–water partition coefficient (Wildman–Crippen LogP) is 2.99. The largest absolute Gasteiger partial charge is 0.478 e. The first-order valence-electron chi connectivity index (χ1n) is 4.96. The van der Waals surface area contributed by atoms with Crippen molar-refractivity contribution in [3.05, 3.63) is 35.1 Å². The zero-order valence-electron chi connectivity index (χ0n) is 9.13. The van der Waals surface area contributed by atoms with Crippen molar-refractivity contribution >= 4 is 5.97 Å². The molecule has 0 radical (unpaired) electrons. The van der Waals surface area contributed by atoms with Gasteiger partial charge in [0.2, 0.25) is 0 Å². The smallest absolute Gasteiger partial charge is 0.391 e. The summed E-state index contributed by atoms with van der Waals surface area (Å²) in [7, 11) is 0. The van der Waals surface area contributed by atoms with Gasteiger partial charge in [0.05, 0.1) is 25.2 Å². The molecule has 0 aromatic heterocycles. The topological polar surface area (TPSA) is 46.5 Å². The summed E-state index contributed by atoms with van der Waals surface area (Å²) in [6.45, 7) is -0.722. The van der Waals surface area contributed by atoms with Gasteiger partial charge in [0.25, 0.3) is 0 Å². The van der Waals surface area contributed by atoms with Gasteiger partial charge < -0.3 is 9.84 Å². The van der Waals surface area contributed by atoms with Crippen LogP contribution in [0.15, 0.2) is 18.2 Å². The van der Waals surface area contributed by atoms with Gasteiger partial charge in [0.15, 0.2) is 0 Å². The van der Waals surface area contributed by atoms with E-state index >= 15 is 0 Å². The van der Waals surface area contributed by atoms with Crippen molar-refractivity contribution < 1.29 is 32.2 Å². The maximum Gasteiger partial charge on any atom is 0.391 e. The highest BCUT2D eigenvalue weighted by Gasteiger charge is 2.26. The second-order valence-corrected chi connectivity index (χ2v) is 3.54. The van der Waals surface area contributed by atoms with E-state index in [2.05, 4.69) is 0 Å². The summed E-state index contributed by atoms with van der Waals surface area (Å²) in [4.78, 5) is 10.6. The van der Waals surface area contributed by atoms with Crippen molar-refractivity contribution in [3.8, 4) is 0 Å². The zero-order chi connectivity index (χ0) is 13.8. The highest BCUT2D eigenvalue weighted by Crippen LogP contribution is 2.19. The Morgan fingerprint density at radius 2 is 2.00 bits per heavy atom. The maximum absolute atomic E-state index is 13.0. The van der Waals surface area contributed by atoms with E-state index < -0.39 is 36.6 Å². The number of rotatable bonds is 5. The second-order valence-electron chi connectivity index (χ2n) is 3.54. The first kappa shape index (κ1) is 14.4. The number of hydrogen-bond donors (Lipinski definition) is 1. The van der Waals surface area contributed by atoms with Crippen molar-refractivity contribution in [1.82, 2.24) is 0 Å². The summed E-state index contributed by atoms with van der Waals surface area (Å²) >= 11 is 0. The van der Waals surface area contributed by atoms with Crippen LogP contribution in [0.25, 0.3) is 0 Å². The molecular formula is C11H10F4O3. The molecule has 3 nitrogen and oxygen atoms in total. The normalized spacial score (nSPS) is 11.6. The van der Waals surface area contributed by atoms with Crippen LogP contribution >= 0.6 is 0 Å². The minimum Gasteiger partial charge on any atom is -0.478 e. The number of hydrogen-bond acceptors (Lipinski definition) is 2. The summed E-state index contributed by atoms with van der Waals surface area (Å²) < 4.78 is 53.1. The lowest BCUT2D eigenvalue weighted by Crippen LogP contribution is -2.11. The Morgan fingerprint density at radius 1 is 1.33 bits per heavy atom. The Morgan fingerprint density at radius 3 is 2.56 bits per heavy atom. The summed E-state index contributed by atoms with van der Waals surface area (Å²) in [6.07, 6.45) is -5.38. The van der Waals surface area contributed by atoms with Crippen LogP contribution in [-0.4, -0.2) is 23.9 Å². The van der Waals surface area contributed by atoms with Crippen molar-refractivity contribution in [2.24, 2.45) is 0 Å². The fourth-order valence-corrected chi connectivity index (χ4v) is 1.20. The van der Waals surface area contributed by atoms with Crippen LogP contribution in [0.1, 0.15) is 22.3 Å². The molecule has 1 rings (SSSR count). The molecule has 0 unspecified atom stereocenters. The second kappa shape index (κ2) is 5.81. The highest BCUT2D eigenvalue weighted by molar-refractivity contribution is 5.88. The molecule has 0 spiro atoms. The van der Waals surface area contributed by atoms with Crippen LogP contribution in [-0.2, 0) is 11.3 Å². The molecule has 1 aromatic rings. The number of aromatic carboxylic acids is 1. The molecule has 0 heterocycles. The molecule has 18 heavy (non-hydrogen) atoms. The maximum atomic E-state index is 13.0. The summed E-state index contributed by atoms with van der Waals surface area (Å²) in [5.74, 6) is -2.34. The molecule has 0 saturated heterocycles. The van der Waals surface area contributed by atoms with Gasteiger partial charge in [-0.25, -0.2) is 9.18 Å². The first-order chi connectivity index (χ1) is 8.29. The molecule has 1 aromatic carbocycles. The number of carbonyl (C=O) groups is 1. The summed E-state index contributed by atoms with van der Waals surface area (Å²) in [6, 6.07) is 3.23. The van der Waals surface area contributed by atoms with Crippen molar-refractivity contribution in [2.45, 2.75) is 19.2 Å². The molecule has 0 saturated carbocycles. The minimum atomic E-state index is -4.30. The molecule has 0 aliphatic rings. The number of ether oxygens (including phenoxy) is 1. The van der Waals surface area contributed by atoms with Gasteiger partial charge in [-0.05, 0) is 17.7 Å². The lowest BCUT2D eigenvalue weighted by Gasteiger charge is -2.08. The van der Waals surface area contributed by atoms with E-state index in [1.165, 1.54) is 6.07 Å². The van der Waals surface area contributed by atoms with Gasteiger partial charge in [-0.1, -0.05) is 6.07 Å². The van der Waals surface area contributed by atoms with E-state index in [4.69, 9.17) is 9.84 Å². The van der Waals surface area contributed by atoms with Crippen molar-refractivity contribution in [1.29, 1.82) is 0 Å². The predicted molar refractivity (Wildman–Crippen MR) is 53.7 cm³/mol. The zero-order valence-corrected chi connectivity index (χ0v) is 9.13. The van der Waals surface area contributed by atoms with Gasteiger partial charge >= 0.3 is 12.1 Å². The van der Waals surface area contributed by atoms with Gasteiger partial charge in [-0.15, -0.1) is 0 Å². The average molecular weight is 266 g/mol. The molecule has 0 fully saturated rings. The number of carboxylic acid groups (broad SMARTS) is 1. The number of alkyl halides is 3. The van der Waals surface area contributed by atoms with Crippen molar-refractivity contribution in [2.75, 3.05) is 6.61 Å². The fourth-order valence-electron chi connectivity index (χ4n) is 1.20. The molecule has 100 valence electrons. The Hall–Kier alpha value is -1.63. The molecule has 1 N–H and O–H groups in total. The first-order valence-corrected chi connectivity index (χ1v) is 4.96. The average Bonchev–Trinajstić information content (AvgIpc) is 2.24. The van der Waals surface area contributed by atoms with Crippen LogP contribution in [0.4, 0.5) is 17.6 Å². The van der Waals surface area contributed by atoms with E-state index in [0.717, 1.165) is 12.1 Å². The monoisotopic (exact) mass is 266 g/mol. The molecular weight excluding hydrogens is 256 g/mol.